The molecule has 1 rings (SSSR count). The van der Waals surface area contributed by atoms with E-state index in [4.69, 9.17) is 0 Å². The fourth-order valence-electron chi connectivity index (χ4n) is 0.825. The van der Waals surface area contributed by atoms with Crippen molar-refractivity contribution in [2.75, 3.05) is 11.9 Å². The van der Waals surface area contributed by atoms with Gasteiger partial charge in [0.1, 0.15) is 5.82 Å². The molecule has 1 heterocycles. The SMILES string of the molecule is CC.CCCNc1ccc(C)cn1. The van der Waals surface area contributed by atoms with Crippen LogP contribution >= 0.6 is 0 Å². The molecule has 2 heteroatoms. The summed E-state index contributed by atoms with van der Waals surface area (Å²) in [7, 11) is 0. The second kappa shape index (κ2) is 7.59. The standard InChI is InChI=1S/C9H14N2.C2H6/c1-3-6-10-9-5-4-8(2)7-11-9;1-2/h4-5,7H,3,6H2,1-2H3,(H,10,11);1-2H3. The van der Waals surface area contributed by atoms with Gasteiger partial charge in [-0.3, -0.25) is 0 Å². The van der Waals surface area contributed by atoms with Gasteiger partial charge < -0.3 is 5.32 Å². The van der Waals surface area contributed by atoms with E-state index in [0.717, 1.165) is 18.8 Å². The van der Waals surface area contributed by atoms with Gasteiger partial charge in [-0.2, -0.15) is 0 Å². The Morgan fingerprint density at radius 2 is 2.00 bits per heavy atom. The quantitative estimate of drug-likeness (QED) is 0.772. The van der Waals surface area contributed by atoms with Crippen molar-refractivity contribution in [3.8, 4) is 0 Å². The third kappa shape index (κ3) is 5.23. The van der Waals surface area contributed by atoms with Gasteiger partial charge in [0.25, 0.3) is 0 Å². The van der Waals surface area contributed by atoms with E-state index in [1.807, 2.05) is 33.0 Å². The second-order valence-corrected chi connectivity index (χ2v) is 2.65. The van der Waals surface area contributed by atoms with Gasteiger partial charge in [0.15, 0.2) is 0 Å². The zero-order valence-corrected chi connectivity index (χ0v) is 9.09. The predicted molar refractivity (Wildman–Crippen MR) is 59.1 cm³/mol. The molecule has 0 unspecified atom stereocenters. The summed E-state index contributed by atoms with van der Waals surface area (Å²) < 4.78 is 0. The molecular weight excluding hydrogens is 160 g/mol. The predicted octanol–water partition coefficient (Wildman–Crippen LogP) is 3.24. The first-order valence-electron chi connectivity index (χ1n) is 4.99. The first-order valence-corrected chi connectivity index (χ1v) is 4.99. The van der Waals surface area contributed by atoms with Crippen LogP contribution in [-0.2, 0) is 0 Å². The Balaban J connectivity index is 0.000000671. The van der Waals surface area contributed by atoms with Crippen LogP contribution in [-0.4, -0.2) is 11.5 Å². The molecule has 13 heavy (non-hydrogen) atoms. The summed E-state index contributed by atoms with van der Waals surface area (Å²) in [5.74, 6) is 0.970. The van der Waals surface area contributed by atoms with Gasteiger partial charge in [-0.25, -0.2) is 4.98 Å². The molecule has 0 aliphatic heterocycles. The number of nitrogens with one attached hydrogen (secondary N) is 1. The van der Waals surface area contributed by atoms with Crippen molar-refractivity contribution >= 4 is 5.82 Å². The molecule has 2 nitrogen and oxygen atoms in total. The lowest BCUT2D eigenvalue weighted by Crippen LogP contribution is -2.01. The molecule has 0 bridgehead atoms. The summed E-state index contributed by atoms with van der Waals surface area (Å²) in [5.41, 5.74) is 1.20. The smallest absolute Gasteiger partial charge is 0.125 e. The van der Waals surface area contributed by atoms with Gasteiger partial charge in [0, 0.05) is 12.7 Å². The lowest BCUT2D eigenvalue weighted by atomic mass is 10.3. The van der Waals surface area contributed by atoms with Crippen molar-refractivity contribution in [1.29, 1.82) is 0 Å². The van der Waals surface area contributed by atoms with Gasteiger partial charge in [-0.1, -0.05) is 26.8 Å². The average Bonchev–Trinajstić information content (AvgIpc) is 2.20. The van der Waals surface area contributed by atoms with Gasteiger partial charge >= 0.3 is 0 Å². The molecule has 0 saturated carbocycles. The van der Waals surface area contributed by atoms with E-state index in [9.17, 15) is 0 Å². The Morgan fingerprint density at radius 3 is 2.46 bits per heavy atom. The van der Waals surface area contributed by atoms with Crippen molar-refractivity contribution in [2.45, 2.75) is 34.1 Å². The van der Waals surface area contributed by atoms with Crippen LogP contribution in [0.1, 0.15) is 32.8 Å². The minimum absolute atomic E-state index is 0.970. The van der Waals surface area contributed by atoms with E-state index < -0.39 is 0 Å². The van der Waals surface area contributed by atoms with Gasteiger partial charge in [0.05, 0.1) is 0 Å². The van der Waals surface area contributed by atoms with Crippen LogP contribution in [0.5, 0.6) is 0 Å². The van der Waals surface area contributed by atoms with Crippen LogP contribution < -0.4 is 5.32 Å². The van der Waals surface area contributed by atoms with E-state index in [2.05, 4.69) is 23.3 Å². The van der Waals surface area contributed by atoms with Crippen LogP contribution in [0, 0.1) is 6.92 Å². The zero-order chi connectivity index (χ0) is 10.1. The van der Waals surface area contributed by atoms with Gasteiger partial charge in [0.2, 0.25) is 0 Å². The largest absolute Gasteiger partial charge is 0.370 e. The first kappa shape index (κ1) is 11.9. The summed E-state index contributed by atoms with van der Waals surface area (Å²) in [6.07, 6.45) is 3.01. The van der Waals surface area contributed by atoms with Crippen molar-refractivity contribution < 1.29 is 0 Å². The van der Waals surface area contributed by atoms with Gasteiger partial charge in [-0.15, -0.1) is 0 Å². The number of aromatic nitrogens is 1. The van der Waals surface area contributed by atoms with Crippen molar-refractivity contribution in [3.63, 3.8) is 0 Å². The maximum atomic E-state index is 4.20. The number of nitrogens with zero attached hydrogens (tertiary/aromatic N) is 1. The zero-order valence-electron chi connectivity index (χ0n) is 9.09. The molecule has 0 aromatic carbocycles. The fourth-order valence-corrected chi connectivity index (χ4v) is 0.825. The molecule has 0 aliphatic carbocycles. The molecule has 0 fully saturated rings. The molecule has 74 valence electrons. The van der Waals surface area contributed by atoms with Crippen LogP contribution in [0.2, 0.25) is 0 Å². The molecule has 0 spiro atoms. The highest BCUT2D eigenvalue weighted by molar-refractivity contribution is 5.34. The molecule has 1 aromatic heterocycles. The molecule has 1 aromatic rings. The minimum atomic E-state index is 0.970. The van der Waals surface area contributed by atoms with Crippen molar-refractivity contribution in [3.05, 3.63) is 23.9 Å². The number of anilines is 1. The maximum Gasteiger partial charge on any atom is 0.125 e. The van der Waals surface area contributed by atoms with Crippen LogP contribution in [0.4, 0.5) is 5.82 Å². The van der Waals surface area contributed by atoms with Gasteiger partial charge in [-0.05, 0) is 25.0 Å². The summed E-state index contributed by atoms with van der Waals surface area (Å²) in [6, 6.07) is 4.07. The van der Waals surface area contributed by atoms with E-state index in [0.29, 0.717) is 0 Å². The molecule has 0 saturated heterocycles. The molecule has 0 atom stereocenters. The number of aryl methyl sites for hydroxylation is 1. The Kier molecular flexibility index (Phi) is 6.98. The van der Waals surface area contributed by atoms with Crippen LogP contribution in [0.25, 0.3) is 0 Å². The van der Waals surface area contributed by atoms with Crippen molar-refractivity contribution in [1.82, 2.24) is 4.98 Å². The first-order chi connectivity index (χ1) is 6.33. The molecular formula is C11H20N2. The number of hydrogen-bond donors (Lipinski definition) is 1. The van der Waals surface area contributed by atoms with E-state index >= 15 is 0 Å². The lowest BCUT2D eigenvalue weighted by Gasteiger charge is -2.02. The number of hydrogen-bond acceptors (Lipinski definition) is 2. The van der Waals surface area contributed by atoms with Crippen LogP contribution in [0.15, 0.2) is 18.3 Å². The third-order valence-electron chi connectivity index (χ3n) is 1.47. The minimum Gasteiger partial charge on any atom is -0.370 e. The van der Waals surface area contributed by atoms with E-state index in [1.165, 1.54) is 5.56 Å². The number of rotatable bonds is 3. The Labute approximate surface area is 81.4 Å². The maximum absolute atomic E-state index is 4.20. The van der Waals surface area contributed by atoms with Crippen LogP contribution in [0.3, 0.4) is 0 Å². The van der Waals surface area contributed by atoms with E-state index in [-0.39, 0.29) is 0 Å². The molecule has 0 aliphatic rings. The van der Waals surface area contributed by atoms with E-state index in [1.54, 1.807) is 0 Å². The Hall–Kier alpha value is -1.05. The fraction of sp³-hybridized carbons (Fsp3) is 0.545. The normalized spacial score (nSPS) is 8.62. The summed E-state index contributed by atoms with van der Waals surface area (Å²) in [4.78, 5) is 4.20. The Morgan fingerprint density at radius 1 is 1.31 bits per heavy atom. The monoisotopic (exact) mass is 180 g/mol. The highest BCUT2D eigenvalue weighted by Crippen LogP contribution is 2.02. The number of pyridine rings is 1. The summed E-state index contributed by atoms with van der Waals surface area (Å²) >= 11 is 0. The Bertz CT molecular complexity index is 204. The summed E-state index contributed by atoms with van der Waals surface area (Å²) in [5, 5.41) is 3.21. The highest BCUT2D eigenvalue weighted by Gasteiger charge is 1.89. The molecule has 0 radical (unpaired) electrons. The third-order valence-corrected chi connectivity index (χ3v) is 1.47. The molecule has 0 amide bonds. The topological polar surface area (TPSA) is 24.9 Å². The molecule has 1 N–H and O–H groups in total. The lowest BCUT2D eigenvalue weighted by molar-refractivity contribution is 0.968. The highest BCUT2D eigenvalue weighted by atomic mass is 15.0. The van der Waals surface area contributed by atoms with Crippen molar-refractivity contribution in [2.24, 2.45) is 0 Å². The summed E-state index contributed by atoms with van der Waals surface area (Å²) in [6.45, 7) is 9.17. The second-order valence-electron chi connectivity index (χ2n) is 2.65. The average molecular weight is 180 g/mol.